The van der Waals surface area contributed by atoms with Crippen LogP contribution in [0.25, 0.3) is 10.9 Å². The Balaban J connectivity index is 1.66. The molecule has 0 atom stereocenters. The zero-order valence-electron chi connectivity index (χ0n) is 15.4. The summed E-state index contributed by atoms with van der Waals surface area (Å²) < 4.78 is 0. The molecule has 6 heteroatoms. The number of nitrogens with one attached hydrogen (secondary N) is 1. The maximum Gasteiger partial charge on any atom is 0.241 e. The monoisotopic (exact) mass is 361 g/mol. The maximum absolute atomic E-state index is 12.3. The number of aromatic nitrogens is 2. The Morgan fingerprint density at radius 3 is 2.63 bits per heavy atom. The molecule has 27 heavy (non-hydrogen) atoms. The second-order valence-electron chi connectivity index (χ2n) is 6.82. The smallest absolute Gasteiger partial charge is 0.241 e. The van der Waals surface area contributed by atoms with Crippen molar-refractivity contribution in [2.24, 2.45) is 0 Å². The first-order valence-electron chi connectivity index (χ1n) is 9.24. The Morgan fingerprint density at radius 1 is 1.00 bits per heavy atom. The van der Waals surface area contributed by atoms with Crippen LogP contribution in [-0.4, -0.2) is 47.5 Å². The van der Waals surface area contributed by atoms with Gasteiger partial charge in [-0.25, -0.2) is 4.98 Å². The zero-order chi connectivity index (χ0) is 18.6. The highest BCUT2D eigenvalue weighted by Gasteiger charge is 2.22. The first-order chi connectivity index (χ1) is 13.2. The van der Waals surface area contributed by atoms with Gasteiger partial charge in [0.2, 0.25) is 11.9 Å². The zero-order valence-corrected chi connectivity index (χ0v) is 15.4. The van der Waals surface area contributed by atoms with E-state index in [-0.39, 0.29) is 5.91 Å². The second kappa shape index (κ2) is 7.61. The lowest BCUT2D eigenvalue weighted by molar-refractivity contribution is -0.127. The standard InChI is InChI=1S/C21H23N5O/c1-25-12-7-13-26(15-19(25)27)21-23-18-11-6-5-10-17(18)20(24-21)22-14-16-8-3-2-4-9-16/h2-6,8-11H,7,12-15H2,1H3,(H,22,23,24). The van der Waals surface area contributed by atoms with Crippen molar-refractivity contribution in [3.63, 3.8) is 0 Å². The Labute approximate surface area is 158 Å². The molecule has 1 aromatic heterocycles. The molecule has 1 saturated heterocycles. The van der Waals surface area contributed by atoms with Gasteiger partial charge in [0.1, 0.15) is 5.82 Å². The molecular formula is C21H23N5O. The van der Waals surface area contributed by atoms with Gasteiger partial charge in [0.05, 0.1) is 12.1 Å². The molecule has 0 bridgehead atoms. The molecular weight excluding hydrogens is 338 g/mol. The predicted molar refractivity (Wildman–Crippen MR) is 108 cm³/mol. The molecule has 0 unspecified atom stereocenters. The fraction of sp³-hybridized carbons (Fsp3) is 0.286. The van der Waals surface area contributed by atoms with Gasteiger partial charge in [0.15, 0.2) is 0 Å². The van der Waals surface area contributed by atoms with Gasteiger partial charge in [0.25, 0.3) is 0 Å². The Hall–Kier alpha value is -3.15. The lowest BCUT2D eigenvalue weighted by atomic mass is 10.2. The van der Waals surface area contributed by atoms with E-state index in [2.05, 4.69) is 17.4 Å². The van der Waals surface area contributed by atoms with Crippen molar-refractivity contribution in [1.29, 1.82) is 0 Å². The molecule has 3 aromatic rings. The van der Waals surface area contributed by atoms with Crippen LogP contribution in [0.3, 0.4) is 0 Å². The van der Waals surface area contributed by atoms with Gasteiger partial charge < -0.3 is 15.1 Å². The summed E-state index contributed by atoms with van der Waals surface area (Å²) in [5, 5.41) is 4.43. The third-order valence-electron chi connectivity index (χ3n) is 4.85. The van der Waals surface area contributed by atoms with E-state index in [0.29, 0.717) is 19.0 Å². The summed E-state index contributed by atoms with van der Waals surface area (Å²) >= 11 is 0. The molecule has 6 nitrogen and oxygen atoms in total. The third kappa shape index (κ3) is 3.84. The summed E-state index contributed by atoms with van der Waals surface area (Å²) in [4.78, 5) is 25.5. The van der Waals surface area contributed by atoms with Crippen molar-refractivity contribution in [1.82, 2.24) is 14.9 Å². The lowest BCUT2D eigenvalue weighted by Gasteiger charge is -2.21. The highest BCUT2D eigenvalue weighted by Crippen LogP contribution is 2.24. The van der Waals surface area contributed by atoms with Gasteiger partial charge in [-0.1, -0.05) is 42.5 Å². The molecule has 4 rings (SSSR count). The second-order valence-corrected chi connectivity index (χ2v) is 6.82. The van der Waals surface area contributed by atoms with E-state index in [9.17, 15) is 4.79 Å². The Morgan fingerprint density at radius 2 is 1.78 bits per heavy atom. The Bertz CT molecular complexity index is 944. The topological polar surface area (TPSA) is 61.4 Å². The fourth-order valence-electron chi connectivity index (χ4n) is 3.28. The number of hydrogen-bond acceptors (Lipinski definition) is 5. The molecule has 0 spiro atoms. The van der Waals surface area contributed by atoms with Crippen LogP contribution in [0.2, 0.25) is 0 Å². The first kappa shape index (κ1) is 17.3. The molecule has 1 amide bonds. The minimum Gasteiger partial charge on any atom is -0.365 e. The number of likely N-dealkylation sites (N-methyl/N-ethyl adjacent to an activating group) is 1. The average molecular weight is 361 g/mol. The highest BCUT2D eigenvalue weighted by atomic mass is 16.2. The summed E-state index contributed by atoms with van der Waals surface area (Å²) in [7, 11) is 1.85. The van der Waals surface area contributed by atoms with Crippen LogP contribution < -0.4 is 10.2 Å². The SMILES string of the molecule is CN1CCCN(c2nc(NCc3ccccc3)c3ccccc3n2)CC1=O. The van der Waals surface area contributed by atoms with Gasteiger partial charge in [0, 0.05) is 32.1 Å². The molecule has 0 saturated carbocycles. The molecule has 1 aliphatic heterocycles. The van der Waals surface area contributed by atoms with Crippen molar-refractivity contribution in [2.75, 3.05) is 36.9 Å². The molecule has 0 radical (unpaired) electrons. The normalized spacial score (nSPS) is 15.1. The van der Waals surface area contributed by atoms with Crippen molar-refractivity contribution >= 4 is 28.6 Å². The number of fused-ring (bicyclic) bond motifs is 1. The third-order valence-corrected chi connectivity index (χ3v) is 4.85. The quantitative estimate of drug-likeness (QED) is 0.774. The van der Waals surface area contributed by atoms with Crippen LogP contribution in [0, 0.1) is 0 Å². The molecule has 138 valence electrons. The summed E-state index contributed by atoms with van der Waals surface area (Å²) in [6, 6.07) is 18.2. The van der Waals surface area contributed by atoms with Crippen molar-refractivity contribution in [3.8, 4) is 0 Å². The van der Waals surface area contributed by atoms with E-state index in [1.165, 1.54) is 5.56 Å². The van der Waals surface area contributed by atoms with E-state index in [1.807, 2.05) is 54.4 Å². The minimum absolute atomic E-state index is 0.100. The van der Waals surface area contributed by atoms with Gasteiger partial charge in [-0.3, -0.25) is 4.79 Å². The molecule has 1 aliphatic rings. The molecule has 1 N–H and O–H groups in total. The van der Waals surface area contributed by atoms with Gasteiger partial charge in [-0.05, 0) is 24.1 Å². The largest absolute Gasteiger partial charge is 0.365 e. The highest BCUT2D eigenvalue weighted by molar-refractivity contribution is 5.90. The number of carbonyl (C=O) groups is 1. The number of anilines is 2. The fourth-order valence-corrected chi connectivity index (χ4v) is 3.28. The first-order valence-corrected chi connectivity index (χ1v) is 9.24. The van der Waals surface area contributed by atoms with Gasteiger partial charge >= 0.3 is 0 Å². The van der Waals surface area contributed by atoms with Crippen LogP contribution in [0.1, 0.15) is 12.0 Å². The number of rotatable bonds is 4. The average Bonchev–Trinajstić information content (AvgIpc) is 2.88. The van der Waals surface area contributed by atoms with Crippen LogP contribution in [0.4, 0.5) is 11.8 Å². The van der Waals surface area contributed by atoms with Crippen molar-refractivity contribution < 1.29 is 4.79 Å². The number of para-hydroxylation sites is 1. The predicted octanol–water partition coefficient (Wildman–Crippen LogP) is 2.91. The van der Waals surface area contributed by atoms with E-state index in [1.54, 1.807) is 4.90 Å². The molecule has 1 fully saturated rings. The number of benzene rings is 2. The van der Waals surface area contributed by atoms with E-state index < -0.39 is 0 Å². The maximum atomic E-state index is 12.3. The lowest BCUT2D eigenvalue weighted by Crippen LogP contribution is -2.35. The number of amides is 1. The number of hydrogen-bond donors (Lipinski definition) is 1. The van der Waals surface area contributed by atoms with Gasteiger partial charge in [-0.15, -0.1) is 0 Å². The minimum atomic E-state index is 0.100. The summed E-state index contributed by atoms with van der Waals surface area (Å²) in [5.41, 5.74) is 2.07. The van der Waals surface area contributed by atoms with Crippen LogP contribution >= 0.6 is 0 Å². The van der Waals surface area contributed by atoms with E-state index in [4.69, 9.17) is 9.97 Å². The van der Waals surface area contributed by atoms with Crippen LogP contribution in [0.5, 0.6) is 0 Å². The molecule has 2 heterocycles. The molecule has 2 aromatic carbocycles. The van der Waals surface area contributed by atoms with Gasteiger partial charge in [-0.2, -0.15) is 4.98 Å². The summed E-state index contributed by atoms with van der Waals surface area (Å²) in [6.45, 7) is 2.53. The molecule has 0 aliphatic carbocycles. The van der Waals surface area contributed by atoms with Crippen molar-refractivity contribution in [3.05, 3.63) is 60.2 Å². The van der Waals surface area contributed by atoms with E-state index >= 15 is 0 Å². The summed E-state index contributed by atoms with van der Waals surface area (Å²) in [6.07, 6.45) is 0.908. The number of nitrogens with zero attached hydrogens (tertiary/aromatic N) is 4. The van der Waals surface area contributed by atoms with Crippen LogP contribution in [0.15, 0.2) is 54.6 Å². The Kier molecular flexibility index (Phi) is 4.87. The van der Waals surface area contributed by atoms with Crippen molar-refractivity contribution in [2.45, 2.75) is 13.0 Å². The van der Waals surface area contributed by atoms with E-state index in [0.717, 1.165) is 36.2 Å². The summed E-state index contributed by atoms with van der Waals surface area (Å²) in [5.74, 6) is 1.50. The van der Waals surface area contributed by atoms with Crippen LogP contribution in [-0.2, 0) is 11.3 Å². The number of carbonyl (C=O) groups excluding carboxylic acids is 1.